The predicted octanol–water partition coefficient (Wildman–Crippen LogP) is 0.346. The minimum atomic E-state index is -0.978. The van der Waals surface area contributed by atoms with Gasteiger partial charge in [-0.25, -0.2) is 4.39 Å². The molecule has 5 nitrogen and oxygen atoms in total. The second-order valence-corrected chi connectivity index (χ2v) is 4.47. The Morgan fingerprint density at radius 2 is 2.37 bits per heavy atom. The number of benzene rings is 1. The molecular formula is C13H17FN2O3. The zero-order valence-corrected chi connectivity index (χ0v) is 10.6. The van der Waals surface area contributed by atoms with Crippen LogP contribution in [-0.4, -0.2) is 37.3 Å². The van der Waals surface area contributed by atoms with E-state index in [1.807, 2.05) is 0 Å². The summed E-state index contributed by atoms with van der Waals surface area (Å²) in [5, 5.41) is 15.7. The van der Waals surface area contributed by atoms with Crippen LogP contribution in [0.15, 0.2) is 18.2 Å². The topological polar surface area (TPSA) is 70.6 Å². The van der Waals surface area contributed by atoms with Crippen LogP contribution in [0.5, 0.6) is 5.75 Å². The van der Waals surface area contributed by atoms with E-state index in [1.165, 1.54) is 18.2 Å². The van der Waals surface area contributed by atoms with E-state index in [0.717, 1.165) is 0 Å². The van der Waals surface area contributed by atoms with Crippen LogP contribution in [0.4, 0.5) is 4.39 Å². The van der Waals surface area contributed by atoms with Gasteiger partial charge in [-0.1, -0.05) is 0 Å². The zero-order valence-electron chi connectivity index (χ0n) is 10.6. The summed E-state index contributed by atoms with van der Waals surface area (Å²) in [5.74, 6) is -0.200. The lowest BCUT2D eigenvalue weighted by Gasteiger charge is -2.21. The Morgan fingerprint density at radius 1 is 1.58 bits per heavy atom. The molecule has 3 N–H and O–H groups in total. The van der Waals surface area contributed by atoms with Crippen molar-refractivity contribution < 1.29 is 19.0 Å². The summed E-state index contributed by atoms with van der Waals surface area (Å²) in [7, 11) is 1.66. The molecule has 2 atom stereocenters. The first-order valence-electron chi connectivity index (χ1n) is 6.16. The minimum Gasteiger partial charge on any atom is -0.493 e. The van der Waals surface area contributed by atoms with E-state index in [0.29, 0.717) is 24.3 Å². The molecule has 1 aliphatic rings. The number of nitrogens with one attached hydrogen (secondary N) is 2. The molecule has 0 spiro atoms. The largest absolute Gasteiger partial charge is 0.493 e. The first-order valence-corrected chi connectivity index (χ1v) is 6.16. The van der Waals surface area contributed by atoms with Gasteiger partial charge in [0.25, 0.3) is 0 Å². The van der Waals surface area contributed by atoms with Gasteiger partial charge in [0.15, 0.2) is 0 Å². The van der Waals surface area contributed by atoms with Crippen molar-refractivity contribution in [3.05, 3.63) is 29.6 Å². The molecule has 19 heavy (non-hydrogen) atoms. The van der Waals surface area contributed by atoms with E-state index in [9.17, 15) is 14.3 Å². The number of hydrogen-bond donors (Lipinski definition) is 3. The lowest BCUT2D eigenvalue weighted by Crippen LogP contribution is -2.43. The fraction of sp³-hybridized carbons (Fsp3) is 0.462. The molecule has 0 radical (unpaired) electrons. The summed E-state index contributed by atoms with van der Waals surface area (Å²) in [6.07, 6.45) is -0.513. The second-order valence-electron chi connectivity index (χ2n) is 4.47. The highest BCUT2D eigenvalue weighted by molar-refractivity contribution is 5.78. The number of carbonyl (C=O) groups is 1. The first-order chi connectivity index (χ1) is 9.11. The van der Waals surface area contributed by atoms with Gasteiger partial charge >= 0.3 is 0 Å². The van der Waals surface area contributed by atoms with Crippen LogP contribution in [0.2, 0.25) is 0 Å². The molecule has 1 amide bonds. The third-order valence-electron chi connectivity index (χ3n) is 3.04. The normalized spacial score (nSPS) is 22.1. The molecule has 0 saturated heterocycles. The van der Waals surface area contributed by atoms with E-state index in [4.69, 9.17) is 4.74 Å². The van der Waals surface area contributed by atoms with Crippen molar-refractivity contribution in [3.63, 3.8) is 0 Å². The number of rotatable bonds is 3. The molecule has 2 unspecified atom stereocenters. The molecule has 0 aliphatic carbocycles. The molecule has 0 bridgehead atoms. The minimum absolute atomic E-state index is 0.167. The van der Waals surface area contributed by atoms with Gasteiger partial charge in [0, 0.05) is 12.0 Å². The van der Waals surface area contributed by atoms with Crippen molar-refractivity contribution in [2.75, 3.05) is 20.2 Å². The zero-order chi connectivity index (χ0) is 13.8. The quantitative estimate of drug-likeness (QED) is 0.739. The average Bonchev–Trinajstić information content (AvgIpc) is 2.51. The van der Waals surface area contributed by atoms with Gasteiger partial charge < -0.3 is 20.5 Å². The van der Waals surface area contributed by atoms with E-state index >= 15 is 0 Å². The second kappa shape index (κ2) is 5.99. The Hall–Kier alpha value is -1.66. The maximum absolute atomic E-state index is 13.2. The van der Waals surface area contributed by atoms with Crippen LogP contribution in [-0.2, 0) is 4.79 Å². The van der Waals surface area contributed by atoms with Crippen molar-refractivity contribution in [3.8, 4) is 5.75 Å². The van der Waals surface area contributed by atoms with Gasteiger partial charge in [0.2, 0.25) is 5.91 Å². The van der Waals surface area contributed by atoms with Crippen LogP contribution in [0.3, 0.4) is 0 Å². The third kappa shape index (κ3) is 3.21. The lowest BCUT2D eigenvalue weighted by molar-refractivity contribution is -0.121. The number of carbonyl (C=O) groups excluding carboxylic acids is 1. The molecule has 6 heteroatoms. The summed E-state index contributed by atoms with van der Waals surface area (Å²) in [6.45, 7) is 0.528. The van der Waals surface area contributed by atoms with Gasteiger partial charge in [0.05, 0.1) is 19.2 Å². The molecular weight excluding hydrogens is 251 g/mol. The molecule has 1 aliphatic heterocycles. The molecule has 1 heterocycles. The van der Waals surface area contributed by atoms with Crippen molar-refractivity contribution in [1.29, 1.82) is 0 Å². The fourth-order valence-electron chi connectivity index (χ4n) is 2.12. The SMILES string of the molecule is CNCC(=O)NC1CCOc2ccc(F)cc2C1O. The van der Waals surface area contributed by atoms with Crippen LogP contribution in [0.25, 0.3) is 0 Å². The van der Waals surface area contributed by atoms with Gasteiger partial charge in [-0.15, -0.1) is 0 Å². The van der Waals surface area contributed by atoms with Crippen molar-refractivity contribution in [2.45, 2.75) is 18.6 Å². The third-order valence-corrected chi connectivity index (χ3v) is 3.04. The Kier molecular flexibility index (Phi) is 4.34. The number of ether oxygens (including phenoxy) is 1. The first kappa shape index (κ1) is 13.8. The van der Waals surface area contributed by atoms with Gasteiger partial charge in [-0.3, -0.25) is 4.79 Å². The van der Waals surface area contributed by atoms with Crippen molar-refractivity contribution in [2.24, 2.45) is 0 Å². The molecule has 1 aromatic rings. The smallest absolute Gasteiger partial charge is 0.234 e. The van der Waals surface area contributed by atoms with Gasteiger partial charge in [0.1, 0.15) is 17.7 Å². The molecule has 104 valence electrons. The Labute approximate surface area is 110 Å². The Morgan fingerprint density at radius 3 is 3.11 bits per heavy atom. The molecule has 1 aromatic carbocycles. The van der Waals surface area contributed by atoms with Crippen LogP contribution in [0, 0.1) is 5.82 Å². The van der Waals surface area contributed by atoms with Crippen molar-refractivity contribution in [1.82, 2.24) is 10.6 Å². The summed E-state index contributed by atoms with van der Waals surface area (Å²) in [4.78, 5) is 11.5. The molecule has 2 rings (SSSR count). The number of fused-ring (bicyclic) bond motifs is 1. The number of halogens is 1. The summed E-state index contributed by atoms with van der Waals surface area (Å²) >= 11 is 0. The van der Waals surface area contributed by atoms with E-state index in [2.05, 4.69) is 10.6 Å². The molecule has 0 aromatic heterocycles. The van der Waals surface area contributed by atoms with E-state index in [-0.39, 0.29) is 12.5 Å². The van der Waals surface area contributed by atoms with Crippen LogP contribution in [0.1, 0.15) is 18.1 Å². The lowest BCUT2D eigenvalue weighted by atomic mass is 10.00. The number of aliphatic hydroxyl groups excluding tert-OH is 1. The maximum Gasteiger partial charge on any atom is 0.234 e. The highest BCUT2D eigenvalue weighted by Gasteiger charge is 2.28. The Balaban J connectivity index is 2.18. The number of aliphatic hydroxyl groups is 1. The monoisotopic (exact) mass is 268 g/mol. The van der Waals surface area contributed by atoms with Crippen LogP contribution >= 0.6 is 0 Å². The van der Waals surface area contributed by atoms with Gasteiger partial charge in [-0.2, -0.15) is 0 Å². The Bertz CT molecular complexity index is 467. The summed E-state index contributed by atoms with van der Waals surface area (Å²) < 4.78 is 18.7. The predicted molar refractivity (Wildman–Crippen MR) is 67.3 cm³/mol. The van der Waals surface area contributed by atoms with Crippen LogP contribution < -0.4 is 15.4 Å². The highest BCUT2D eigenvalue weighted by Crippen LogP contribution is 2.32. The van der Waals surface area contributed by atoms with E-state index in [1.54, 1.807) is 7.05 Å². The summed E-state index contributed by atoms with van der Waals surface area (Å²) in [5.41, 5.74) is 0.368. The standard InChI is InChI=1S/C13H17FN2O3/c1-15-7-12(17)16-10-4-5-19-11-3-2-8(14)6-9(11)13(10)18/h2-3,6,10,13,15,18H,4-5,7H2,1H3,(H,16,17). The highest BCUT2D eigenvalue weighted by atomic mass is 19.1. The van der Waals surface area contributed by atoms with Crippen molar-refractivity contribution >= 4 is 5.91 Å². The number of likely N-dealkylation sites (N-methyl/N-ethyl adjacent to an activating group) is 1. The average molecular weight is 268 g/mol. The number of hydrogen-bond acceptors (Lipinski definition) is 4. The van der Waals surface area contributed by atoms with Gasteiger partial charge in [-0.05, 0) is 25.2 Å². The number of amides is 1. The molecule has 0 saturated carbocycles. The maximum atomic E-state index is 13.2. The van der Waals surface area contributed by atoms with E-state index < -0.39 is 18.0 Å². The fourth-order valence-corrected chi connectivity index (χ4v) is 2.12. The molecule has 0 fully saturated rings. The summed E-state index contributed by atoms with van der Waals surface area (Å²) in [6, 6.07) is 3.53.